The van der Waals surface area contributed by atoms with Gasteiger partial charge in [0.05, 0.1) is 6.04 Å². The molecular formula is C46H83N5O3. The Morgan fingerprint density at radius 3 is 2.33 bits per heavy atom. The Kier molecular flexibility index (Phi) is 23.3. The smallest absolute Gasteiger partial charge is 0.213 e. The van der Waals surface area contributed by atoms with Crippen molar-refractivity contribution in [2.45, 2.75) is 164 Å². The van der Waals surface area contributed by atoms with Crippen LogP contribution in [-0.2, 0) is 24.0 Å². The molecule has 0 spiro atoms. The van der Waals surface area contributed by atoms with Gasteiger partial charge >= 0.3 is 0 Å². The van der Waals surface area contributed by atoms with E-state index in [0.717, 1.165) is 71.0 Å². The van der Waals surface area contributed by atoms with Gasteiger partial charge in [0.2, 0.25) is 6.41 Å². The van der Waals surface area contributed by atoms with E-state index in [1.54, 1.807) is 11.1 Å². The van der Waals surface area contributed by atoms with Gasteiger partial charge < -0.3 is 31.7 Å². The van der Waals surface area contributed by atoms with Crippen LogP contribution in [0.3, 0.4) is 0 Å². The number of rotatable bonds is 29. The predicted molar refractivity (Wildman–Crippen MR) is 231 cm³/mol. The second kappa shape index (κ2) is 26.1. The zero-order valence-corrected chi connectivity index (χ0v) is 36.1. The lowest BCUT2D eigenvalue weighted by molar-refractivity contribution is -0.130. The van der Waals surface area contributed by atoms with Crippen molar-refractivity contribution in [1.82, 2.24) is 15.5 Å². The number of nitrogens with two attached hydrogens (primary N) is 2. The molecule has 0 fully saturated rings. The van der Waals surface area contributed by atoms with E-state index in [1.807, 2.05) is 13.8 Å². The van der Waals surface area contributed by atoms with E-state index < -0.39 is 12.6 Å². The molecule has 310 valence electrons. The third kappa shape index (κ3) is 15.6. The quantitative estimate of drug-likeness (QED) is 0.0278. The first-order chi connectivity index (χ1) is 25.9. The van der Waals surface area contributed by atoms with Gasteiger partial charge in [-0.05, 0) is 123 Å². The summed E-state index contributed by atoms with van der Waals surface area (Å²) in [6, 6.07) is 4.72. The molecule has 0 aromatic heterocycles. The number of unbranched alkanes of at least 4 members (excludes halogenated alkanes) is 2. The van der Waals surface area contributed by atoms with Crippen LogP contribution < -0.4 is 22.1 Å². The van der Waals surface area contributed by atoms with Gasteiger partial charge in [0.25, 0.3) is 0 Å². The van der Waals surface area contributed by atoms with Crippen LogP contribution >= 0.6 is 0 Å². The molecule has 0 aliphatic heterocycles. The third-order valence-electron chi connectivity index (χ3n) is 11.7. The molecule has 1 aliphatic rings. The predicted octanol–water partition coefficient (Wildman–Crippen LogP) is 7.85. The van der Waals surface area contributed by atoms with Crippen molar-refractivity contribution >= 4 is 5.57 Å². The first-order valence-corrected chi connectivity index (χ1v) is 21.6. The summed E-state index contributed by atoms with van der Waals surface area (Å²) in [6.45, 7) is 21.3. The lowest BCUT2D eigenvalue weighted by Gasteiger charge is -2.37. The maximum absolute atomic E-state index is 11.4. The molecule has 8 N–H and O–H groups in total. The highest BCUT2D eigenvalue weighted by molar-refractivity contribution is 5.73. The summed E-state index contributed by atoms with van der Waals surface area (Å²) in [5.74, 6) is 0.573. The van der Waals surface area contributed by atoms with Gasteiger partial charge in [0, 0.05) is 39.3 Å². The second-order valence-corrected chi connectivity index (χ2v) is 16.5. The zero-order chi connectivity index (χ0) is 40.1. The Morgan fingerprint density at radius 1 is 1.02 bits per heavy atom. The summed E-state index contributed by atoms with van der Waals surface area (Å²) < 4.78 is 5.02. The van der Waals surface area contributed by atoms with E-state index in [2.05, 4.69) is 93.5 Å². The standard InChI is InChI=1S/C46H83N5O3/c1-10-15-24-46(8)31-41-38(22-23-40(42(41)32-46)37(14-5)29-36(13-4)20-18-25-47)30-35(12-3)19-17-21-39(33-48)49-26-28-51(27-16-11-2)44(52)43(34(6)7)50-45(53)54-9/h13,17,19,22-23,29,34-35,39,43-45,49-50,52-53H,10-12,14-16,18,20-21,24-28,30-33,47-48H2,1-9H3. The number of nitrogens with zero attached hydrogens (tertiary/aromatic N) is 1. The van der Waals surface area contributed by atoms with E-state index in [1.165, 1.54) is 61.5 Å². The first kappa shape index (κ1) is 48.3. The minimum Gasteiger partial charge on any atom is -0.377 e. The fraction of sp³-hybridized carbons (Fsp3) is 0.739. The highest BCUT2D eigenvalue weighted by Crippen LogP contribution is 2.45. The Bertz CT molecular complexity index is 1280. The number of fused-ring (bicyclic) bond motifs is 1. The van der Waals surface area contributed by atoms with Gasteiger partial charge in [0.15, 0.2) is 0 Å². The molecule has 2 rings (SSSR count). The van der Waals surface area contributed by atoms with Crippen molar-refractivity contribution in [2.24, 2.45) is 28.7 Å². The molecule has 6 atom stereocenters. The average Bonchev–Trinajstić information content (AvgIpc) is 3.53. The van der Waals surface area contributed by atoms with E-state index in [9.17, 15) is 10.2 Å². The van der Waals surface area contributed by atoms with Gasteiger partial charge in [-0.15, -0.1) is 0 Å². The maximum Gasteiger partial charge on any atom is 0.213 e. The number of aliphatic hydroxyl groups is 2. The number of methoxy groups -OCH3 is 1. The summed E-state index contributed by atoms with van der Waals surface area (Å²) in [4.78, 5) is 2.10. The number of nitrogens with one attached hydrogen (secondary N) is 2. The Morgan fingerprint density at radius 2 is 1.74 bits per heavy atom. The topological polar surface area (TPSA) is 129 Å². The molecule has 0 amide bonds. The molecule has 0 heterocycles. The van der Waals surface area contributed by atoms with Gasteiger partial charge in [-0.25, -0.2) is 0 Å². The fourth-order valence-corrected chi connectivity index (χ4v) is 8.11. The molecule has 0 saturated carbocycles. The number of hydrogen-bond acceptors (Lipinski definition) is 8. The van der Waals surface area contributed by atoms with Crippen molar-refractivity contribution in [3.63, 3.8) is 0 Å². The van der Waals surface area contributed by atoms with Gasteiger partial charge in [-0.3, -0.25) is 10.2 Å². The highest BCUT2D eigenvalue weighted by atomic mass is 16.6. The average molecular weight is 754 g/mol. The van der Waals surface area contributed by atoms with Crippen LogP contribution in [-0.4, -0.2) is 79.7 Å². The lowest BCUT2D eigenvalue weighted by Crippen LogP contribution is -2.57. The van der Waals surface area contributed by atoms with Crippen LogP contribution in [0.15, 0.2) is 42.0 Å². The molecule has 54 heavy (non-hydrogen) atoms. The summed E-state index contributed by atoms with van der Waals surface area (Å²) in [6.07, 6.45) is 21.9. The maximum atomic E-state index is 11.4. The number of ether oxygens (including phenoxy) is 1. The van der Waals surface area contributed by atoms with E-state index in [0.29, 0.717) is 24.4 Å². The van der Waals surface area contributed by atoms with Crippen LogP contribution in [0.25, 0.3) is 5.57 Å². The van der Waals surface area contributed by atoms with E-state index in [4.69, 9.17) is 16.2 Å². The van der Waals surface area contributed by atoms with Crippen LogP contribution in [0.5, 0.6) is 0 Å². The molecule has 1 aliphatic carbocycles. The van der Waals surface area contributed by atoms with Crippen LogP contribution in [0, 0.1) is 17.3 Å². The first-order valence-electron chi connectivity index (χ1n) is 21.6. The molecule has 1 aromatic rings. The molecule has 8 heteroatoms. The largest absolute Gasteiger partial charge is 0.377 e. The molecule has 6 unspecified atom stereocenters. The Labute approximate surface area is 331 Å². The van der Waals surface area contributed by atoms with Gasteiger partial charge in [-0.1, -0.05) is 110 Å². The summed E-state index contributed by atoms with van der Waals surface area (Å²) in [5, 5.41) is 28.1. The summed E-state index contributed by atoms with van der Waals surface area (Å²) in [5.41, 5.74) is 21.5. The number of aliphatic hydroxyl groups excluding tert-OH is 2. The third-order valence-corrected chi connectivity index (χ3v) is 11.7. The fourth-order valence-electron chi connectivity index (χ4n) is 8.11. The molecular weight excluding hydrogens is 671 g/mol. The normalized spacial score (nSPS) is 19.5. The van der Waals surface area contributed by atoms with Crippen LogP contribution in [0.2, 0.25) is 0 Å². The second-order valence-electron chi connectivity index (χ2n) is 16.5. The molecule has 8 nitrogen and oxygen atoms in total. The summed E-state index contributed by atoms with van der Waals surface area (Å²) in [7, 11) is 1.45. The van der Waals surface area contributed by atoms with E-state index >= 15 is 0 Å². The monoisotopic (exact) mass is 754 g/mol. The van der Waals surface area contributed by atoms with Crippen molar-refractivity contribution in [1.29, 1.82) is 0 Å². The van der Waals surface area contributed by atoms with Crippen molar-refractivity contribution in [3.8, 4) is 0 Å². The summed E-state index contributed by atoms with van der Waals surface area (Å²) >= 11 is 0. The highest BCUT2D eigenvalue weighted by Gasteiger charge is 2.36. The zero-order valence-electron chi connectivity index (χ0n) is 36.1. The molecule has 1 aromatic carbocycles. The minimum atomic E-state index is -1.12. The van der Waals surface area contributed by atoms with E-state index in [-0.39, 0.29) is 18.0 Å². The number of benzene rings is 1. The minimum absolute atomic E-state index is 0.105. The van der Waals surface area contributed by atoms with Crippen LogP contribution in [0.1, 0.15) is 142 Å². The molecule has 0 bridgehead atoms. The SMILES string of the molecule is CC=C(C=C(CC)c1ccc(CC(C=CCC(CN)NCCN(CCCC)C(O)C(NC(O)OC)C(C)C)CC)c2c1CC(C)(CCCC)C2)CCCN. The Balaban J connectivity index is 2.20. The lowest BCUT2D eigenvalue weighted by atomic mass is 9.81. The van der Waals surface area contributed by atoms with Gasteiger partial charge in [0.1, 0.15) is 6.23 Å². The van der Waals surface area contributed by atoms with Gasteiger partial charge in [-0.2, -0.15) is 0 Å². The molecule has 0 radical (unpaired) electrons. The molecule has 0 saturated heterocycles. The Hall–Kier alpha value is -1.88. The van der Waals surface area contributed by atoms with Crippen molar-refractivity contribution in [2.75, 3.05) is 39.8 Å². The van der Waals surface area contributed by atoms with Crippen LogP contribution in [0.4, 0.5) is 0 Å². The van der Waals surface area contributed by atoms with Crippen molar-refractivity contribution < 1.29 is 14.9 Å². The van der Waals surface area contributed by atoms with Crippen molar-refractivity contribution in [3.05, 3.63) is 64.3 Å². The number of hydrogen-bond donors (Lipinski definition) is 6. The number of allylic oxidation sites excluding steroid dienone is 5.